The molecule has 1 aromatic carbocycles. The molecule has 1 aliphatic carbocycles. The van der Waals surface area contributed by atoms with Gasteiger partial charge in [-0.1, -0.05) is 0 Å². The van der Waals surface area contributed by atoms with Crippen LogP contribution in [0.15, 0.2) is 35.3 Å². The van der Waals surface area contributed by atoms with Crippen molar-refractivity contribution in [2.45, 2.75) is 20.8 Å². The standard InChI is InChI=1S/C12H13N3O2.C9H11.Bi.2H/c16-9-7-8(13-1-2-13)12(17)11(15-5-6-15)10(9)14-3-4-14;1-7-4-8(2)6-9(3)5-7;;;/h7H,1-6H2;4-5H,1-3H3;;;. The van der Waals surface area contributed by atoms with Crippen LogP contribution in [0.2, 0.25) is 0 Å². The van der Waals surface area contributed by atoms with Crippen molar-refractivity contribution >= 4 is 39.6 Å². The Morgan fingerprint density at radius 2 is 1.26 bits per heavy atom. The summed E-state index contributed by atoms with van der Waals surface area (Å²) in [7, 11) is 0. The summed E-state index contributed by atoms with van der Waals surface area (Å²) in [4.78, 5) is 30.5. The van der Waals surface area contributed by atoms with Gasteiger partial charge in [-0.25, -0.2) is 0 Å². The summed E-state index contributed by atoms with van der Waals surface area (Å²) in [6, 6.07) is 4.53. The van der Waals surface area contributed by atoms with E-state index in [0.717, 1.165) is 64.0 Å². The van der Waals surface area contributed by atoms with Gasteiger partial charge < -0.3 is 14.7 Å². The van der Waals surface area contributed by atoms with Crippen molar-refractivity contribution < 1.29 is 9.59 Å². The average molecular weight is 561 g/mol. The van der Waals surface area contributed by atoms with Crippen LogP contribution in [0.4, 0.5) is 0 Å². The van der Waals surface area contributed by atoms with Crippen LogP contribution in [0.3, 0.4) is 0 Å². The fourth-order valence-corrected chi connectivity index (χ4v) is 4.11. The first-order chi connectivity index (χ1) is 12.9. The monoisotopic (exact) mass is 561 g/mol. The molecule has 3 heterocycles. The second-order valence-electron chi connectivity index (χ2n) is 7.69. The predicted molar refractivity (Wildman–Crippen MR) is 109 cm³/mol. The molecule has 5 rings (SSSR count). The van der Waals surface area contributed by atoms with Gasteiger partial charge in [-0.05, 0) is 0 Å². The van der Waals surface area contributed by atoms with Gasteiger partial charge in [0.2, 0.25) is 11.6 Å². The average Bonchev–Trinajstić information content (AvgIpc) is 3.48. The molecule has 1 aromatic rings. The number of carbonyl (C=O) groups is 2. The number of rotatable bonds is 3. The van der Waals surface area contributed by atoms with Crippen molar-refractivity contribution in [2.24, 2.45) is 0 Å². The molecular formula is C21H26BiN3O2. The number of Topliss-reactive ketones (excluding diaryl/α,β-unsaturated/α-hetero) is 1. The first-order valence-electron chi connectivity index (χ1n) is 9.50. The van der Waals surface area contributed by atoms with E-state index < -0.39 is 0 Å². The first kappa shape index (κ1) is 18.7. The molecule has 0 radical (unpaired) electrons. The zero-order chi connectivity index (χ0) is 19.3. The van der Waals surface area contributed by atoms with E-state index in [1.165, 1.54) is 22.8 Å². The number of hydrogen-bond donors (Lipinski definition) is 0. The van der Waals surface area contributed by atoms with Crippen molar-refractivity contribution in [1.82, 2.24) is 14.7 Å². The SMILES string of the molecule is Cc1cc(C)[c]([BiH2])c(C)c1.O=C1C=C(N2CC2)C(=O)C(N2CC2)=C1N1CC1. The topological polar surface area (TPSA) is 43.2 Å². The van der Waals surface area contributed by atoms with Crippen molar-refractivity contribution in [3.63, 3.8) is 0 Å². The Morgan fingerprint density at radius 3 is 1.74 bits per heavy atom. The third-order valence-corrected chi connectivity index (χ3v) is 8.77. The zero-order valence-corrected chi connectivity index (χ0v) is 20.7. The molecule has 0 spiro atoms. The van der Waals surface area contributed by atoms with Crippen LogP contribution in [0.25, 0.3) is 0 Å². The quantitative estimate of drug-likeness (QED) is 0.297. The molecule has 3 fully saturated rings. The number of hydrogen-bond acceptors (Lipinski definition) is 5. The Labute approximate surface area is 175 Å². The van der Waals surface area contributed by atoms with E-state index in [4.69, 9.17) is 0 Å². The molecule has 5 nitrogen and oxygen atoms in total. The van der Waals surface area contributed by atoms with Crippen LogP contribution in [-0.4, -0.2) is 90.3 Å². The summed E-state index contributed by atoms with van der Waals surface area (Å²) >= 11 is 0.977. The fourth-order valence-electron chi connectivity index (χ4n) is 3.47. The van der Waals surface area contributed by atoms with Crippen molar-refractivity contribution in [2.75, 3.05) is 39.3 Å². The Hall–Kier alpha value is -1.68. The number of allylic oxidation sites excluding steroid dienone is 1. The summed E-state index contributed by atoms with van der Waals surface area (Å²) < 4.78 is 1.59. The van der Waals surface area contributed by atoms with Crippen LogP contribution in [0.5, 0.6) is 0 Å². The van der Waals surface area contributed by atoms with E-state index in [9.17, 15) is 9.59 Å². The number of ketones is 2. The van der Waals surface area contributed by atoms with Crippen molar-refractivity contribution in [3.8, 4) is 0 Å². The van der Waals surface area contributed by atoms with E-state index in [0.29, 0.717) is 17.1 Å². The van der Waals surface area contributed by atoms with Gasteiger partial charge in [0.05, 0.1) is 5.70 Å². The van der Waals surface area contributed by atoms with Crippen LogP contribution >= 0.6 is 0 Å². The maximum Gasteiger partial charge on any atom is 0.227 e. The van der Waals surface area contributed by atoms with Gasteiger partial charge in [-0.15, -0.1) is 0 Å². The summed E-state index contributed by atoms with van der Waals surface area (Å²) in [6.07, 6.45) is 1.52. The zero-order valence-electron chi connectivity index (χ0n) is 16.2. The minimum absolute atomic E-state index is 0.00546. The van der Waals surface area contributed by atoms with Crippen molar-refractivity contribution in [1.29, 1.82) is 0 Å². The molecular weight excluding hydrogens is 535 g/mol. The molecule has 0 N–H and O–H groups in total. The largest absolute Gasteiger partial charge is 0.365 e. The van der Waals surface area contributed by atoms with E-state index in [1.807, 2.05) is 14.7 Å². The Kier molecular flexibility index (Phi) is 4.88. The number of benzene rings is 1. The Bertz CT molecular complexity index is 868. The first-order valence-corrected chi connectivity index (χ1v) is 11.7. The summed E-state index contributed by atoms with van der Waals surface area (Å²) in [5, 5.41) is 0. The molecule has 0 unspecified atom stereocenters. The smallest absolute Gasteiger partial charge is 0.227 e. The number of carbonyl (C=O) groups excluding carboxylic acids is 2. The third-order valence-electron chi connectivity index (χ3n) is 5.23. The summed E-state index contributed by atoms with van der Waals surface area (Å²) in [5.41, 5.74) is 6.22. The molecule has 27 heavy (non-hydrogen) atoms. The fraction of sp³-hybridized carbons (Fsp3) is 0.429. The second-order valence-corrected chi connectivity index (χ2v) is 9.94. The van der Waals surface area contributed by atoms with Crippen LogP contribution in [0, 0.1) is 20.8 Å². The molecule has 0 aromatic heterocycles. The van der Waals surface area contributed by atoms with Crippen molar-refractivity contribution in [3.05, 3.63) is 52.0 Å². The summed E-state index contributed by atoms with van der Waals surface area (Å²) in [6.45, 7) is 12.0. The normalized spacial score (nSPS) is 20.4. The minimum Gasteiger partial charge on any atom is -0.365 e. The van der Waals surface area contributed by atoms with Crippen LogP contribution < -0.4 is 3.27 Å². The molecule has 142 valence electrons. The Morgan fingerprint density at radius 1 is 0.778 bits per heavy atom. The van der Waals surface area contributed by atoms with Gasteiger partial charge in [0.15, 0.2) is 0 Å². The van der Waals surface area contributed by atoms with E-state index in [2.05, 4.69) is 32.9 Å². The molecule has 0 atom stereocenters. The van der Waals surface area contributed by atoms with Gasteiger partial charge in [-0.3, -0.25) is 9.59 Å². The number of nitrogens with zero attached hydrogens (tertiary/aromatic N) is 3. The van der Waals surface area contributed by atoms with Gasteiger partial charge in [0, 0.05) is 45.3 Å². The predicted octanol–water partition coefficient (Wildman–Crippen LogP) is 0.0508. The molecule has 3 saturated heterocycles. The van der Waals surface area contributed by atoms with E-state index >= 15 is 0 Å². The van der Waals surface area contributed by atoms with Gasteiger partial charge in [0.25, 0.3) is 0 Å². The third kappa shape index (κ3) is 3.96. The molecule has 4 aliphatic rings. The second kappa shape index (κ2) is 7.05. The Balaban J connectivity index is 0.000000155. The molecule has 0 saturated carbocycles. The van der Waals surface area contributed by atoms with E-state index in [1.54, 1.807) is 3.27 Å². The molecule has 3 aliphatic heterocycles. The summed E-state index contributed by atoms with van der Waals surface area (Å²) in [5.74, 6) is 0.0485. The van der Waals surface area contributed by atoms with Gasteiger partial charge >= 0.3 is 77.6 Å². The van der Waals surface area contributed by atoms with Crippen LogP contribution in [0.1, 0.15) is 16.7 Å². The van der Waals surface area contributed by atoms with Gasteiger partial charge in [-0.2, -0.15) is 0 Å². The molecule has 0 bridgehead atoms. The van der Waals surface area contributed by atoms with E-state index in [-0.39, 0.29) is 11.6 Å². The minimum atomic E-state index is 0.00546. The van der Waals surface area contributed by atoms with Gasteiger partial charge in [0.1, 0.15) is 11.4 Å². The maximum absolute atomic E-state index is 12.4. The van der Waals surface area contributed by atoms with Crippen LogP contribution in [-0.2, 0) is 9.59 Å². The molecule has 6 heteroatoms. The number of aryl methyl sites for hydroxylation is 3. The molecule has 0 amide bonds. The maximum atomic E-state index is 12.4.